The molecule has 0 fully saturated rings. The number of hydrazine groups is 1. The molecule has 22 heavy (non-hydrogen) atoms. The number of fused-ring (bicyclic) bond motifs is 1. The molecule has 1 aliphatic heterocycles. The second-order valence-corrected chi connectivity index (χ2v) is 4.50. The van der Waals surface area contributed by atoms with Crippen LogP contribution in [0.5, 0.6) is 11.5 Å². The van der Waals surface area contributed by atoms with E-state index in [4.69, 9.17) is 9.47 Å². The highest BCUT2D eigenvalue weighted by Crippen LogP contribution is 2.30. The Kier molecular flexibility index (Phi) is 3.86. The third-order valence-electron chi connectivity index (χ3n) is 3.04. The van der Waals surface area contributed by atoms with Gasteiger partial charge in [0.1, 0.15) is 13.2 Å². The number of ether oxygens (including phenoxy) is 2. The minimum atomic E-state index is -0.445. The predicted molar refractivity (Wildman–Crippen MR) is 76.6 cm³/mol. The summed E-state index contributed by atoms with van der Waals surface area (Å²) in [6, 6.07) is 7.93. The van der Waals surface area contributed by atoms with Gasteiger partial charge in [-0.1, -0.05) is 0 Å². The fourth-order valence-electron chi connectivity index (χ4n) is 1.95. The lowest BCUT2D eigenvalue weighted by Crippen LogP contribution is -2.41. The maximum absolute atomic E-state index is 12.0. The Hall–Kier alpha value is -3.09. The average Bonchev–Trinajstić information content (AvgIpc) is 2.59. The van der Waals surface area contributed by atoms with E-state index in [1.807, 2.05) is 0 Å². The van der Waals surface area contributed by atoms with E-state index >= 15 is 0 Å². The lowest BCUT2D eigenvalue weighted by Gasteiger charge is -2.18. The fraction of sp³-hybridized carbons (Fsp3) is 0.133. The number of rotatable bonds is 2. The number of amides is 2. The van der Waals surface area contributed by atoms with Crippen molar-refractivity contribution in [1.29, 1.82) is 0 Å². The van der Waals surface area contributed by atoms with E-state index in [1.165, 1.54) is 12.4 Å². The van der Waals surface area contributed by atoms with Gasteiger partial charge in [0.05, 0.1) is 0 Å². The lowest BCUT2D eigenvalue weighted by atomic mass is 10.2. The first kappa shape index (κ1) is 13.9. The fourth-order valence-corrected chi connectivity index (χ4v) is 1.95. The molecule has 2 heterocycles. The topological polar surface area (TPSA) is 89.6 Å². The van der Waals surface area contributed by atoms with Gasteiger partial charge in [-0.15, -0.1) is 0 Å². The van der Waals surface area contributed by atoms with Crippen molar-refractivity contribution in [2.24, 2.45) is 0 Å². The Morgan fingerprint density at radius 3 is 2.23 bits per heavy atom. The van der Waals surface area contributed by atoms with E-state index in [9.17, 15) is 9.59 Å². The third kappa shape index (κ3) is 2.98. The molecule has 1 aromatic heterocycles. The molecule has 0 bridgehead atoms. The summed E-state index contributed by atoms with van der Waals surface area (Å²) in [5.41, 5.74) is 5.45. The molecule has 2 N–H and O–H groups in total. The smallest absolute Gasteiger partial charge is 0.269 e. The number of pyridine rings is 1. The summed E-state index contributed by atoms with van der Waals surface area (Å²) in [6.07, 6.45) is 3.00. The van der Waals surface area contributed by atoms with Crippen LogP contribution in [0.1, 0.15) is 20.7 Å². The molecule has 1 aromatic carbocycles. The van der Waals surface area contributed by atoms with E-state index in [2.05, 4.69) is 15.8 Å². The molecule has 112 valence electrons. The highest BCUT2D eigenvalue weighted by Gasteiger charge is 2.15. The molecule has 0 saturated carbocycles. The van der Waals surface area contributed by atoms with Crippen LogP contribution in [-0.2, 0) is 0 Å². The van der Waals surface area contributed by atoms with Crippen molar-refractivity contribution < 1.29 is 19.1 Å². The van der Waals surface area contributed by atoms with Crippen molar-refractivity contribution in [3.63, 3.8) is 0 Å². The number of aromatic nitrogens is 1. The largest absolute Gasteiger partial charge is 0.486 e. The van der Waals surface area contributed by atoms with Crippen LogP contribution in [0.3, 0.4) is 0 Å². The van der Waals surface area contributed by atoms with Crippen LogP contribution >= 0.6 is 0 Å². The Labute approximate surface area is 126 Å². The Morgan fingerprint density at radius 1 is 0.864 bits per heavy atom. The van der Waals surface area contributed by atoms with Gasteiger partial charge in [0.2, 0.25) is 0 Å². The van der Waals surface area contributed by atoms with Gasteiger partial charge >= 0.3 is 0 Å². The van der Waals surface area contributed by atoms with Gasteiger partial charge in [-0.2, -0.15) is 0 Å². The summed E-state index contributed by atoms with van der Waals surface area (Å²) in [5, 5.41) is 0. The summed E-state index contributed by atoms with van der Waals surface area (Å²) in [6.45, 7) is 0.928. The van der Waals surface area contributed by atoms with Crippen LogP contribution in [0.15, 0.2) is 42.7 Å². The number of nitrogens with zero attached hydrogens (tertiary/aromatic N) is 1. The van der Waals surface area contributed by atoms with E-state index in [0.717, 1.165) is 0 Å². The number of hydrogen-bond donors (Lipinski definition) is 2. The first-order chi connectivity index (χ1) is 10.7. The molecular weight excluding hydrogens is 286 g/mol. The maximum atomic E-state index is 12.0. The molecule has 0 radical (unpaired) electrons. The monoisotopic (exact) mass is 299 g/mol. The summed E-state index contributed by atoms with van der Waals surface area (Å²) in [7, 11) is 0. The minimum Gasteiger partial charge on any atom is -0.486 e. The van der Waals surface area contributed by atoms with Gasteiger partial charge in [0.25, 0.3) is 11.8 Å². The Morgan fingerprint density at radius 2 is 1.50 bits per heavy atom. The highest BCUT2D eigenvalue weighted by atomic mass is 16.6. The number of carbonyl (C=O) groups excluding carboxylic acids is 2. The van der Waals surface area contributed by atoms with Gasteiger partial charge < -0.3 is 9.47 Å². The zero-order chi connectivity index (χ0) is 15.4. The van der Waals surface area contributed by atoms with Gasteiger partial charge in [-0.05, 0) is 30.3 Å². The Bertz CT molecular complexity index is 703. The SMILES string of the molecule is O=C(NNC(=O)c1ccc2c(c1)OCCO2)c1ccncc1. The predicted octanol–water partition coefficient (Wildman–Crippen LogP) is 0.928. The average molecular weight is 299 g/mol. The van der Waals surface area contributed by atoms with E-state index < -0.39 is 11.8 Å². The minimum absolute atomic E-state index is 0.360. The van der Waals surface area contributed by atoms with Crippen LogP contribution < -0.4 is 20.3 Å². The second kappa shape index (κ2) is 6.13. The van der Waals surface area contributed by atoms with Gasteiger partial charge in [-0.3, -0.25) is 25.4 Å². The molecule has 3 rings (SSSR count). The van der Waals surface area contributed by atoms with Crippen molar-refractivity contribution in [2.45, 2.75) is 0 Å². The maximum Gasteiger partial charge on any atom is 0.269 e. The molecule has 0 saturated heterocycles. The Balaban J connectivity index is 1.64. The van der Waals surface area contributed by atoms with Crippen LogP contribution in [0.25, 0.3) is 0 Å². The number of nitrogens with one attached hydrogen (secondary N) is 2. The molecule has 0 unspecified atom stereocenters. The molecule has 2 aromatic rings. The van der Waals surface area contributed by atoms with Gasteiger partial charge in [-0.25, -0.2) is 0 Å². The first-order valence-electron chi connectivity index (χ1n) is 6.64. The van der Waals surface area contributed by atoms with Gasteiger partial charge in [0.15, 0.2) is 11.5 Å². The molecular formula is C15H13N3O4. The zero-order valence-electron chi connectivity index (χ0n) is 11.5. The summed E-state index contributed by atoms with van der Waals surface area (Å²) in [5.74, 6) is 0.246. The van der Waals surface area contributed by atoms with E-state index in [0.29, 0.717) is 35.8 Å². The van der Waals surface area contributed by atoms with Gasteiger partial charge in [0, 0.05) is 23.5 Å². The quantitative estimate of drug-likeness (QED) is 0.805. The summed E-state index contributed by atoms with van der Waals surface area (Å²) in [4.78, 5) is 27.7. The molecule has 7 nitrogen and oxygen atoms in total. The second-order valence-electron chi connectivity index (χ2n) is 4.50. The standard InChI is InChI=1S/C15H13N3O4/c19-14(10-3-5-16-6-4-10)17-18-15(20)11-1-2-12-13(9-11)22-8-7-21-12/h1-6,9H,7-8H2,(H,17,19)(H,18,20). The van der Waals surface area contributed by atoms with E-state index in [1.54, 1.807) is 30.3 Å². The first-order valence-corrected chi connectivity index (χ1v) is 6.64. The molecule has 1 aliphatic rings. The lowest BCUT2D eigenvalue weighted by molar-refractivity contribution is 0.0846. The zero-order valence-corrected chi connectivity index (χ0v) is 11.5. The molecule has 7 heteroatoms. The molecule has 2 amide bonds. The summed E-state index contributed by atoms with van der Waals surface area (Å²) >= 11 is 0. The van der Waals surface area contributed by atoms with Crippen LogP contribution in [-0.4, -0.2) is 30.0 Å². The number of carbonyl (C=O) groups is 2. The van der Waals surface area contributed by atoms with E-state index in [-0.39, 0.29) is 0 Å². The van der Waals surface area contributed by atoms with Crippen molar-refractivity contribution in [3.8, 4) is 11.5 Å². The summed E-state index contributed by atoms with van der Waals surface area (Å²) < 4.78 is 10.8. The van der Waals surface area contributed by atoms with Crippen LogP contribution in [0, 0.1) is 0 Å². The molecule has 0 spiro atoms. The van der Waals surface area contributed by atoms with Crippen LogP contribution in [0.2, 0.25) is 0 Å². The third-order valence-corrected chi connectivity index (χ3v) is 3.04. The van der Waals surface area contributed by atoms with Crippen molar-refractivity contribution >= 4 is 11.8 Å². The number of hydrogen-bond acceptors (Lipinski definition) is 5. The molecule has 0 aliphatic carbocycles. The van der Waals surface area contributed by atoms with Crippen molar-refractivity contribution in [3.05, 3.63) is 53.9 Å². The number of benzene rings is 1. The van der Waals surface area contributed by atoms with Crippen molar-refractivity contribution in [1.82, 2.24) is 15.8 Å². The van der Waals surface area contributed by atoms with Crippen LogP contribution in [0.4, 0.5) is 0 Å². The highest BCUT2D eigenvalue weighted by molar-refractivity contribution is 5.99. The van der Waals surface area contributed by atoms with Crippen molar-refractivity contribution in [2.75, 3.05) is 13.2 Å². The molecule has 0 atom stereocenters. The normalized spacial score (nSPS) is 12.4.